The summed E-state index contributed by atoms with van der Waals surface area (Å²) >= 11 is 0. The molecule has 114 valence electrons. The lowest BCUT2D eigenvalue weighted by atomic mass is 10.3. The number of methoxy groups -OCH3 is 1. The molecule has 0 aromatic carbocycles. The molecule has 0 aliphatic heterocycles. The molecule has 0 spiro atoms. The molecule has 0 radical (unpaired) electrons. The van der Waals surface area contributed by atoms with Crippen molar-refractivity contribution < 1.29 is 17.4 Å². The van der Waals surface area contributed by atoms with Crippen LogP contribution in [0.4, 0.5) is 5.69 Å². The van der Waals surface area contributed by atoms with E-state index < -0.39 is 20.1 Å². The average Bonchev–Trinajstić information content (AvgIpc) is 2.29. The lowest BCUT2D eigenvalue weighted by Gasteiger charge is -2.13. The van der Waals surface area contributed by atoms with Gasteiger partial charge in [-0.2, -0.15) is 8.42 Å². The van der Waals surface area contributed by atoms with E-state index in [1.807, 2.05) is 0 Å². The summed E-state index contributed by atoms with van der Waals surface area (Å²) in [6.45, 7) is 1.62. The molecule has 0 aliphatic carbocycles. The van der Waals surface area contributed by atoms with Gasteiger partial charge in [-0.1, -0.05) is 3.77 Å². The van der Waals surface area contributed by atoms with Crippen LogP contribution in [-0.2, 0) is 20.1 Å². The van der Waals surface area contributed by atoms with Gasteiger partial charge in [-0.25, -0.2) is 13.5 Å². The Balaban J connectivity index is 3.13. The molecule has 0 saturated heterocycles. The van der Waals surface area contributed by atoms with Crippen molar-refractivity contribution in [1.82, 2.24) is 9.29 Å². The predicted octanol–water partition coefficient (Wildman–Crippen LogP) is 0.630. The van der Waals surface area contributed by atoms with Gasteiger partial charge in [-0.15, -0.1) is 0 Å². The third-order valence-corrected chi connectivity index (χ3v) is 6.15. The number of aromatic nitrogens is 1. The van der Waals surface area contributed by atoms with Crippen molar-refractivity contribution in [3.8, 4) is 5.88 Å². The first-order valence-corrected chi connectivity index (χ1v) is 8.84. The van der Waals surface area contributed by atoms with Crippen LogP contribution < -0.4 is 9.46 Å². The van der Waals surface area contributed by atoms with Gasteiger partial charge >= 0.3 is 10.2 Å². The fourth-order valence-electron chi connectivity index (χ4n) is 1.17. The van der Waals surface area contributed by atoms with E-state index in [4.69, 9.17) is 4.74 Å². The second-order valence-corrected chi connectivity index (χ2v) is 8.22. The zero-order valence-electron chi connectivity index (χ0n) is 11.9. The highest BCUT2D eigenvalue weighted by Crippen LogP contribution is 2.18. The highest BCUT2D eigenvalue weighted by atomic mass is 32.3. The van der Waals surface area contributed by atoms with Crippen molar-refractivity contribution in [2.45, 2.75) is 6.92 Å². The number of hydrogen-bond acceptors (Lipinski definition) is 5. The van der Waals surface area contributed by atoms with Gasteiger partial charge in [0.1, 0.15) is 9.92 Å². The number of pyridine rings is 1. The van der Waals surface area contributed by atoms with Crippen LogP contribution in [0.1, 0.15) is 5.69 Å². The van der Waals surface area contributed by atoms with Crippen LogP contribution in [0.25, 0.3) is 0 Å². The Hall–Kier alpha value is -1.39. The van der Waals surface area contributed by atoms with E-state index >= 15 is 0 Å². The van der Waals surface area contributed by atoms with Crippen molar-refractivity contribution in [3.05, 3.63) is 17.8 Å². The minimum absolute atomic E-state index is 0.253. The standard InChI is InChI=1S/C10H18N4O4S2/c1-8-9(6-7-10(11-8)18-4)12-20(16,17)13-19(5,15)14(2)3/h6-7,12H,1-5H3. The Bertz CT molecular complexity index is 706. The predicted molar refractivity (Wildman–Crippen MR) is 78.2 cm³/mol. The van der Waals surface area contributed by atoms with E-state index in [1.54, 1.807) is 6.92 Å². The second-order valence-electron chi connectivity index (χ2n) is 4.21. The molecule has 8 nitrogen and oxygen atoms in total. The highest BCUT2D eigenvalue weighted by Gasteiger charge is 2.16. The normalized spacial score (nSPS) is 14.7. The number of rotatable bonds is 5. The minimum Gasteiger partial charge on any atom is -0.481 e. The number of aryl methyl sites for hydroxylation is 1. The van der Waals surface area contributed by atoms with E-state index in [1.165, 1.54) is 43.9 Å². The monoisotopic (exact) mass is 322 g/mol. The van der Waals surface area contributed by atoms with Gasteiger partial charge in [0.15, 0.2) is 0 Å². The van der Waals surface area contributed by atoms with Crippen LogP contribution in [-0.4, -0.2) is 49.4 Å². The largest absolute Gasteiger partial charge is 0.481 e. The van der Waals surface area contributed by atoms with E-state index in [9.17, 15) is 12.6 Å². The van der Waals surface area contributed by atoms with Crippen LogP contribution in [0, 0.1) is 6.92 Å². The molecular formula is C10H18N4O4S2. The highest BCUT2D eigenvalue weighted by molar-refractivity contribution is 8.02. The van der Waals surface area contributed by atoms with Crippen LogP contribution >= 0.6 is 0 Å². The zero-order chi connectivity index (χ0) is 15.6. The molecule has 1 aromatic rings. The molecule has 0 saturated carbocycles. The number of nitrogens with one attached hydrogen (secondary N) is 1. The zero-order valence-corrected chi connectivity index (χ0v) is 13.6. The quantitative estimate of drug-likeness (QED) is 0.857. The molecule has 1 heterocycles. The molecule has 1 aromatic heterocycles. The number of ether oxygens (including phenoxy) is 1. The van der Waals surface area contributed by atoms with Crippen molar-refractivity contribution >= 4 is 25.8 Å². The van der Waals surface area contributed by atoms with Crippen molar-refractivity contribution in [1.29, 1.82) is 0 Å². The molecule has 10 heteroatoms. The van der Waals surface area contributed by atoms with Gasteiger partial charge < -0.3 is 4.74 Å². The summed E-state index contributed by atoms with van der Waals surface area (Å²) in [6.07, 6.45) is 1.24. The summed E-state index contributed by atoms with van der Waals surface area (Å²) in [4.78, 5) is 4.03. The smallest absolute Gasteiger partial charge is 0.351 e. The summed E-state index contributed by atoms with van der Waals surface area (Å²) < 4.78 is 47.5. The first kappa shape index (κ1) is 16.7. The van der Waals surface area contributed by atoms with E-state index in [-0.39, 0.29) is 5.69 Å². The molecule has 1 rings (SSSR count). The molecule has 0 amide bonds. The third kappa shape index (κ3) is 4.32. The van der Waals surface area contributed by atoms with Gasteiger partial charge in [-0.3, -0.25) is 4.72 Å². The number of anilines is 1. The fourth-order valence-corrected chi connectivity index (χ4v) is 3.80. The van der Waals surface area contributed by atoms with E-state index in [2.05, 4.69) is 13.5 Å². The maximum Gasteiger partial charge on any atom is 0.351 e. The van der Waals surface area contributed by atoms with Gasteiger partial charge in [-0.05, 0) is 13.0 Å². The second kappa shape index (κ2) is 5.94. The van der Waals surface area contributed by atoms with Gasteiger partial charge in [0, 0.05) is 26.4 Å². The topological polar surface area (TPSA) is 101 Å². The lowest BCUT2D eigenvalue weighted by Crippen LogP contribution is -2.23. The van der Waals surface area contributed by atoms with Crippen LogP contribution in [0.5, 0.6) is 5.88 Å². The van der Waals surface area contributed by atoms with E-state index in [0.29, 0.717) is 11.6 Å². The first-order chi connectivity index (χ1) is 9.07. The summed E-state index contributed by atoms with van der Waals surface area (Å²) in [6, 6.07) is 3.02. The van der Waals surface area contributed by atoms with Crippen LogP contribution in [0.15, 0.2) is 15.9 Å². The Labute approximate surface area is 119 Å². The van der Waals surface area contributed by atoms with Gasteiger partial charge in [0.05, 0.1) is 18.5 Å². The SMILES string of the molecule is COc1ccc(NS(=O)(=O)N=S(C)(=O)N(C)C)c(C)n1. The van der Waals surface area contributed by atoms with Crippen molar-refractivity contribution in [3.63, 3.8) is 0 Å². The molecular weight excluding hydrogens is 304 g/mol. The molecule has 0 bridgehead atoms. The number of hydrogen-bond donors (Lipinski definition) is 1. The van der Waals surface area contributed by atoms with Crippen LogP contribution in [0.2, 0.25) is 0 Å². The molecule has 0 fully saturated rings. The van der Waals surface area contributed by atoms with Gasteiger partial charge in [0.2, 0.25) is 5.88 Å². The van der Waals surface area contributed by atoms with Crippen molar-refractivity contribution in [2.24, 2.45) is 3.77 Å². The minimum atomic E-state index is -4.10. The maximum absolute atomic E-state index is 12.0. The van der Waals surface area contributed by atoms with Crippen LogP contribution in [0.3, 0.4) is 0 Å². The Morgan fingerprint density at radius 3 is 2.35 bits per heavy atom. The Morgan fingerprint density at radius 1 is 1.30 bits per heavy atom. The Kier molecular flexibility index (Phi) is 4.95. The maximum atomic E-state index is 12.0. The molecule has 0 aliphatic rings. The summed E-state index contributed by atoms with van der Waals surface area (Å²) in [5.41, 5.74) is 0.680. The molecule has 1 unspecified atom stereocenters. The summed E-state index contributed by atoms with van der Waals surface area (Å²) in [5, 5.41) is 0. The van der Waals surface area contributed by atoms with E-state index in [0.717, 1.165) is 0 Å². The molecule has 20 heavy (non-hydrogen) atoms. The summed E-state index contributed by atoms with van der Waals surface area (Å²) in [5.74, 6) is 0.370. The number of nitrogens with zero attached hydrogens (tertiary/aromatic N) is 3. The summed E-state index contributed by atoms with van der Waals surface area (Å²) in [7, 11) is -2.65. The van der Waals surface area contributed by atoms with Gasteiger partial charge in [0.25, 0.3) is 0 Å². The Morgan fingerprint density at radius 2 is 1.90 bits per heavy atom. The lowest BCUT2D eigenvalue weighted by molar-refractivity contribution is 0.397. The van der Waals surface area contributed by atoms with Crippen molar-refractivity contribution in [2.75, 3.05) is 32.2 Å². The molecule has 1 atom stereocenters. The first-order valence-electron chi connectivity index (χ1n) is 5.52. The fraction of sp³-hybridized carbons (Fsp3) is 0.500. The third-order valence-electron chi connectivity index (χ3n) is 2.42. The average molecular weight is 322 g/mol. The molecule has 1 N–H and O–H groups in total.